The van der Waals surface area contributed by atoms with Gasteiger partial charge in [0, 0.05) is 18.3 Å². The molecule has 5 heteroatoms. The van der Waals surface area contributed by atoms with Crippen molar-refractivity contribution in [3.8, 4) is 5.75 Å². The van der Waals surface area contributed by atoms with Crippen LogP contribution >= 0.6 is 0 Å². The molecule has 0 amide bonds. The summed E-state index contributed by atoms with van der Waals surface area (Å²) in [5.74, 6) is 3.15. The molecule has 26 heavy (non-hydrogen) atoms. The second-order valence-electron chi connectivity index (χ2n) is 6.26. The van der Waals surface area contributed by atoms with E-state index in [2.05, 4.69) is 46.6 Å². The lowest BCUT2D eigenvalue weighted by molar-refractivity contribution is 0.414. The van der Waals surface area contributed by atoms with Gasteiger partial charge in [0.2, 0.25) is 0 Å². The molecule has 0 aliphatic rings. The standard InChI is InChI=1S/C21H24N4O/c1-14-6-5-7-19(15(14)2)25-21-12-20(23-16(3)24-21)22-13-17-8-10-18(26-4)11-9-17/h5-12H,13H2,1-4H3,(H2,22,23,24,25). The summed E-state index contributed by atoms with van der Waals surface area (Å²) in [6.45, 7) is 6.79. The summed E-state index contributed by atoms with van der Waals surface area (Å²) in [4.78, 5) is 8.98. The summed E-state index contributed by atoms with van der Waals surface area (Å²) < 4.78 is 5.19. The quantitative estimate of drug-likeness (QED) is 0.672. The van der Waals surface area contributed by atoms with Crippen LogP contribution in [0.3, 0.4) is 0 Å². The van der Waals surface area contributed by atoms with Gasteiger partial charge in [0.25, 0.3) is 0 Å². The second kappa shape index (κ2) is 7.87. The van der Waals surface area contributed by atoms with Gasteiger partial charge in [0.1, 0.15) is 23.2 Å². The average molecular weight is 348 g/mol. The maximum absolute atomic E-state index is 5.19. The summed E-state index contributed by atoms with van der Waals surface area (Å²) in [6, 6.07) is 16.1. The number of hydrogen-bond acceptors (Lipinski definition) is 5. The number of ether oxygens (including phenoxy) is 1. The Kier molecular flexibility index (Phi) is 5.37. The van der Waals surface area contributed by atoms with Gasteiger partial charge >= 0.3 is 0 Å². The van der Waals surface area contributed by atoms with E-state index in [0.717, 1.165) is 34.5 Å². The van der Waals surface area contributed by atoms with Crippen molar-refractivity contribution < 1.29 is 4.74 Å². The van der Waals surface area contributed by atoms with Gasteiger partial charge in [-0.15, -0.1) is 0 Å². The van der Waals surface area contributed by atoms with Crippen molar-refractivity contribution in [3.63, 3.8) is 0 Å². The molecule has 1 heterocycles. The Morgan fingerprint density at radius 2 is 1.65 bits per heavy atom. The molecule has 3 rings (SSSR count). The average Bonchev–Trinajstić information content (AvgIpc) is 2.64. The summed E-state index contributed by atoms with van der Waals surface area (Å²) in [5.41, 5.74) is 4.69. The van der Waals surface area contributed by atoms with Gasteiger partial charge in [-0.25, -0.2) is 9.97 Å². The van der Waals surface area contributed by atoms with E-state index >= 15 is 0 Å². The minimum absolute atomic E-state index is 0.684. The Morgan fingerprint density at radius 1 is 0.923 bits per heavy atom. The predicted octanol–water partition coefficient (Wildman–Crippen LogP) is 4.77. The topological polar surface area (TPSA) is 59.1 Å². The van der Waals surface area contributed by atoms with Crippen LogP contribution in [-0.2, 0) is 6.54 Å². The van der Waals surface area contributed by atoms with E-state index in [1.807, 2.05) is 43.3 Å². The van der Waals surface area contributed by atoms with E-state index in [9.17, 15) is 0 Å². The number of aromatic nitrogens is 2. The minimum atomic E-state index is 0.684. The van der Waals surface area contributed by atoms with E-state index in [0.29, 0.717) is 6.54 Å². The largest absolute Gasteiger partial charge is 0.497 e. The number of nitrogens with zero attached hydrogens (tertiary/aromatic N) is 2. The smallest absolute Gasteiger partial charge is 0.136 e. The van der Waals surface area contributed by atoms with Gasteiger partial charge in [0.15, 0.2) is 0 Å². The Morgan fingerprint density at radius 3 is 2.38 bits per heavy atom. The molecular weight excluding hydrogens is 324 g/mol. The highest BCUT2D eigenvalue weighted by Crippen LogP contribution is 2.23. The van der Waals surface area contributed by atoms with Crippen molar-refractivity contribution in [2.45, 2.75) is 27.3 Å². The van der Waals surface area contributed by atoms with Crippen molar-refractivity contribution in [2.24, 2.45) is 0 Å². The third-order valence-electron chi connectivity index (χ3n) is 4.34. The summed E-state index contributed by atoms with van der Waals surface area (Å²) in [7, 11) is 1.67. The van der Waals surface area contributed by atoms with Crippen LogP contribution in [0.1, 0.15) is 22.5 Å². The lowest BCUT2D eigenvalue weighted by Crippen LogP contribution is -2.05. The molecule has 2 aromatic carbocycles. The molecule has 2 N–H and O–H groups in total. The normalized spacial score (nSPS) is 10.5. The molecule has 0 bridgehead atoms. The first-order valence-electron chi connectivity index (χ1n) is 8.61. The van der Waals surface area contributed by atoms with Gasteiger partial charge in [-0.3, -0.25) is 0 Å². The summed E-state index contributed by atoms with van der Waals surface area (Å²) >= 11 is 0. The predicted molar refractivity (Wildman–Crippen MR) is 106 cm³/mol. The fraction of sp³-hybridized carbons (Fsp3) is 0.238. The molecule has 0 spiro atoms. The van der Waals surface area contributed by atoms with Crippen LogP contribution < -0.4 is 15.4 Å². The number of anilines is 3. The van der Waals surface area contributed by atoms with Gasteiger partial charge < -0.3 is 15.4 Å². The van der Waals surface area contributed by atoms with Gasteiger partial charge in [-0.05, 0) is 55.7 Å². The molecule has 5 nitrogen and oxygen atoms in total. The molecule has 0 radical (unpaired) electrons. The Balaban J connectivity index is 1.73. The first-order valence-corrected chi connectivity index (χ1v) is 8.61. The Hall–Kier alpha value is -3.08. The third kappa shape index (κ3) is 4.30. The monoisotopic (exact) mass is 348 g/mol. The van der Waals surface area contributed by atoms with Crippen molar-refractivity contribution in [3.05, 3.63) is 71.0 Å². The lowest BCUT2D eigenvalue weighted by atomic mass is 10.1. The van der Waals surface area contributed by atoms with Crippen LogP contribution in [0.2, 0.25) is 0 Å². The van der Waals surface area contributed by atoms with Crippen LogP contribution in [-0.4, -0.2) is 17.1 Å². The van der Waals surface area contributed by atoms with Crippen molar-refractivity contribution >= 4 is 17.3 Å². The summed E-state index contributed by atoms with van der Waals surface area (Å²) in [6.07, 6.45) is 0. The zero-order chi connectivity index (χ0) is 18.5. The van der Waals surface area contributed by atoms with E-state index < -0.39 is 0 Å². The first-order chi connectivity index (χ1) is 12.5. The number of rotatable bonds is 6. The van der Waals surface area contributed by atoms with Crippen LogP contribution in [0.4, 0.5) is 17.3 Å². The maximum atomic E-state index is 5.19. The van der Waals surface area contributed by atoms with Crippen LogP contribution in [0, 0.1) is 20.8 Å². The van der Waals surface area contributed by atoms with Crippen LogP contribution in [0.5, 0.6) is 5.75 Å². The van der Waals surface area contributed by atoms with Gasteiger partial charge in [-0.1, -0.05) is 24.3 Å². The van der Waals surface area contributed by atoms with E-state index in [-0.39, 0.29) is 0 Å². The highest BCUT2D eigenvalue weighted by atomic mass is 16.5. The van der Waals surface area contributed by atoms with Crippen molar-refractivity contribution in [1.82, 2.24) is 9.97 Å². The Labute approximate surface area is 154 Å². The van der Waals surface area contributed by atoms with E-state index in [4.69, 9.17) is 4.74 Å². The summed E-state index contributed by atoms with van der Waals surface area (Å²) in [5, 5.41) is 6.76. The number of hydrogen-bond donors (Lipinski definition) is 2. The fourth-order valence-electron chi connectivity index (χ4n) is 2.68. The SMILES string of the molecule is COc1ccc(CNc2cc(Nc3cccc(C)c3C)nc(C)n2)cc1. The lowest BCUT2D eigenvalue weighted by Gasteiger charge is -2.13. The fourth-order valence-corrected chi connectivity index (χ4v) is 2.68. The minimum Gasteiger partial charge on any atom is -0.497 e. The second-order valence-corrected chi connectivity index (χ2v) is 6.26. The molecule has 1 aromatic heterocycles. The molecule has 134 valence electrons. The first kappa shape index (κ1) is 17.7. The molecule has 0 saturated heterocycles. The molecule has 0 aliphatic heterocycles. The zero-order valence-electron chi connectivity index (χ0n) is 15.6. The molecule has 0 fully saturated rings. The van der Waals surface area contributed by atoms with Crippen LogP contribution in [0.25, 0.3) is 0 Å². The van der Waals surface area contributed by atoms with Gasteiger partial charge in [0.05, 0.1) is 7.11 Å². The van der Waals surface area contributed by atoms with Gasteiger partial charge in [-0.2, -0.15) is 0 Å². The number of aryl methyl sites for hydroxylation is 2. The van der Waals surface area contributed by atoms with Crippen LogP contribution in [0.15, 0.2) is 48.5 Å². The maximum Gasteiger partial charge on any atom is 0.136 e. The molecule has 0 unspecified atom stereocenters. The molecule has 3 aromatic rings. The van der Waals surface area contributed by atoms with E-state index in [1.165, 1.54) is 11.1 Å². The Bertz CT molecular complexity index is 891. The highest BCUT2D eigenvalue weighted by Gasteiger charge is 2.06. The highest BCUT2D eigenvalue weighted by molar-refractivity contribution is 5.63. The van der Waals surface area contributed by atoms with Crippen molar-refractivity contribution in [1.29, 1.82) is 0 Å². The molecule has 0 atom stereocenters. The number of benzene rings is 2. The number of nitrogens with one attached hydrogen (secondary N) is 2. The molecule has 0 saturated carbocycles. The number of methoxy groups -OCH3 is 1. The zero-order valence-corrected chi connectivity index (χ0v) is 15.6. The third-order valence-corrected chi connectivity index (χ3v) is 4.34. The van der Waals surface area contributed by atoms with Crippen molar-refractivity contribution in [2.75, 3.05) is 17.7 Å². The van der Waals surface area contributed by atoms with E-state index in [1.54, 1.807) is 7.11 Å². The molecular formula is C21H24N4O. The molecule has 0 aliphatic carbocycles.